The van der Waals surface area contributed by atoms with E-state index in [1.165, 1.54) is 0 Å². The molecule has 0 amide bonds. The van der Waals surface area contributed by atoms with Crippen LogP contribution in [0.5, 0.6) is 0 Å². The van der Waals surface area contributed by atoms with Crippen molar-refractivity contribution < 1.29 is 0 Å². The molecule has 1 rings (SSSR count). The molecule has 70 valence electrons. The fraction of sp³-hybridized carbons (Fsp3) is 0.200. The second-order valence-corrected chi connectivity index (χ2v) is 4.07. The molecule has 0 aliphatic carbocycles. The molecule has 1 aromatic rings. The van der Waals surface area contributed by atoms with Gasteiger partial charge in [-0.05, 0) is 40.0 Å². The maximum absolute atomic E-state index is 5.93. The van der Waals surface area contributed by atoms with Crippen molar-refractivity contribution in [3.8, 4) is 0 Å². The van der Waals surface area contributed by atoms with Crippen LogP contribution in [0, 0.1) is 0 Å². The predicted molar refractivity (Wildman–Crippen MR) is 60.9 cm³/mol. The van der Waals surface area contributed by atoms with Gasteiger partial charge in [-0.15, -0.1) is 6.58 Å². The lowest BCUT2D eigenvalue weighted by Crippen LogP contribution is -2.08. The minimum absolute atomic E-state index is 0.0110. The van der Waals surface area contributed by atoms with Crippen LogP contribution < -0.4 is 5.73 Å². The third kappa shape index (κ3) is 2.83. The molecule has 3 heteroatoms. The Morgan fingerprint density at radius 3 is 2.85 bits per heavy atom. The van der Waals surface area contributed by atoms with Crippen LogP contribution in [0.3, 0.4) is 0 Å². The predicted octanol–water partition coefficient (Wildman–Crippen LogP) is 3.68. The maximum Gasteiger partial charge on any atom is 0.0551 e. The lowest BCUT2D eigenvalue weighted by molar-refractivity contribution is 0.742. The minimum atomic E-state index is -0.0110. The molecular formula is C10H11BrClN. The largest absolute Gasteiger partial charge is 0.324 e. The van der Waals surface area contributed by atoms with Crippen molar-refractivity contribution in [1.82, 2.24) is 0 Å². The molecule has 1 atom stereocenters. The standard InChI is InChI=1S/C10H11BrClN/c1-2-3-10(13)7-4-5-8(11)9(12)6-7/h2,4-6,10H,1,3,13H2/t10-/m0/s1. The maximum atomic E-state index is 5.93. The Labute approximate surface area is 91.7 Å². The first-order valence-electron chi connectivity index (χ1n) is 3.96. The molecule has 0 radical (unpaired) electrons. The van der Waals surface area contributed by atoms with Crippen molar-refractivity contribution in [1.29, 1.82) is 0 Å². The molecular weight excluding hydrogens is 249 g/mol. The van der Waals surface area contributed by atoms with Crippen LogP contribution in [-0.2, 0) is 0 Å². The van der Waals surface area contributed by atoms with Crippen molar-refractivity contribution in [2.45, 2.75) is 12.5 Å². The number of hydrogen-bond acceptors (Lipinski definition) is 1. The normalized spacial score (nSPS) is 12.5. The van der Waals surface area contributed by atoms with E-state index in [1.807, 2.05) is 18.2 Å². The zero-order valence-electron chi connectivity index (χ0n) is 7.13. The summed E-state index contributed by atoms with van der Waals surface area (Å²) in [6.45, 7) is 3.64. The van der Waals surface area contributed by atoms with Gasteiger partial charge in [-0.25, -0.2) is 0 Å². The number of hydrogen-bond donors (Lipinski definition) is 1. The molecule has 0 fully saturated rings. The van der Waals surface area contributed by atoms with Crippen LogP contribution in [0.2, 0.25) is 5.02 Å². The van der Waals surface area contributed by atoms with E-state index >= 15 is 0 Å². The summed E-state index contributed by atoms with van der Waals surface area (Å²) >= 11 is 9.25. The molecule has 0 saturated heterocycles. The topological polar surface area (TPSA) is 26.0 Å². The van der Waals surface area contributed by atoms with E-state index in [4.69, 9.17) is 17.3 Å². The highest BCUT2D eigenvalue weighted by molar-refractivity contribution is 9.10. The molecule has 1 aromatic carbocycles. The van der Waals surface area contributed by atoms with Crippen LogP contribution in [0.1, 0.15) is 18.0 Å². The Morgan fingerprint density at radius 1 is 1.62 bits per heavy atom. The molecule has 1 nitrogen and oxygen atoms in total. The molecule has 0 unspecified atom stereocenters. The Morgan fingerprint density at radius 2 is 2.31 bits per heavy atom. The summed E-state index contributed by atoms with van der Waals surface area (Å²) in [6.07, 6.45) is 2.57. The molecule has 13 heavy (non-hydrogen) atoms. The summed E-state index contributed by atoms with van der Waals surface area (Å²) < 4.78 is 0.892. The van der Waals surface area contributed by atoms with Gasteiger partial charge < -0.3 is 5.73 Å². The zero-order chi connectivity index (χ0) is 9.84. The molecule has 0 aliphatic heterocycles. The third-order valence-electron chi connectivity index (χ3n) is 1.79. The second-order valence-electron chi connectivity index (χ2n) is 2.80. The van der Waals surface area contributed by atoms with Crippen molar-refractivity contribution in [3.63, 3.8) is 0 Å². The van der Waals surface area contributed by atoms with Crippen LogP contribution in [0.4, 0.5) is 0 Å². The Bertz CT molecular complexity index is 312. The molecule has 0 aromatic heterocycles. The summed E-state index contributed by atoms with van der Waals surface area (Å²) in [7, 11) is 0. The Kier molecular flexibility index (Phi) is 3.97. The summed E-state index contributed by atoms with van der Waals surface area (Å²) in [6, 6.07) is 5.73. The van der Waals surface area contributed by atoms with Gasteiger partial charge in [0.25, 0.3) is 0 Å². The van der Waals surface area contributed by atoms with Gasteiger partial charge in [-0.1, -0.05) is 23.7 Å². The monoisotopic (exact) mass is 259 g/mol. The summed E-state index contributed by atoms with van der Waals surface area (Å²) in [4.78, 5) is 0. The molecule has 0 heterocycles. The molecule has 0 spiro atoms. The van der Waals surface area contributed by atoms with E-state index in [-0.39, 0.29) is 6.04 Å². The SMILES string of the molecule is C=CC[C@H](N)c1ccc(Br)c(Cl)c1. The van der Waals surface area contributed by atoms with E-state index in [0.29, 0.717) is 5.02 Å². The van der Waals surface area contributed by atoms with Crippen LogP contribution >= 0.6 is 27.5 Å². The van der Waals surface area contributed by atoms with Crippen molar-refractivity contribution in [2.75, 3.05) is 0 Å². The van der Waals surface area contributed by atoms with Gasteiger partial charge in [-0.3, -0.25) is 0 Å². The first-order chi connectivity index (χ1) is 6.15. The first kappa shape index (κ1) is 10.8. The Balaban J connectivity index is 2.89. The van der Waals surface area contributed by atoms with Gasteiger partial charge in [0.1, 0.15) is 0 Å². The van der Waals surface area contributed by atoms with E-state index in [1.54, 1.807) is 6.08 Å². The summed E-state index contributed by atoms with van der Waals surface area (Å²) in [5, 5.41) is 0.692. The van der Waals surface area contributed by atoms with Crippen molar-refractivity contribution in [2.24, 2.45) is 5.73 Å². The van der Waals surface area contributed by atoms with E-state index in [2.05, 4.69) is 22.5 Å². The lowest BCUT2D eigenvalue weighted by atomic mass is 10.1. The highest BCUT2D eigenvalue weighted by Crippen LogP contribution is 2.26. The van der Waals surface area contributed by atoms with E-state index in [9.17, 15) is 0 Å². The number of halogens is 2. The van der Waals surface area contributed by atoms with Crippen LogP contribution in [-0.4, -0.2) is 0 Å². The molecule has 0 bridgehead atoms. The van der Waals surface area contributed by atoms with Gasteiger partial charge in [0.05, 0.1) is 5.02 Å². The van der Waals surface area contributed by atoms with Crippen LogP contribution in [0.25, 0.3) is 0 Å². The van der Waals surface area contributed by atoms with Crippen LogP contribution in [0.15, 0.2) is 35.3 Å². The number of rotatable bonds is 3. The van der Waals surface area contributed by atoms with Gasteiger partial charge >= 0.3 is 0 Å². The summed E-state index contributed by atoms with van der Waals surface area (Å²) in [5.41, 5.74) is 6.91. The highest BCUT2D eigenvalue weighted by atomic mass is 79.9. The zero-order valence-corrected chi connectivity index (χ0v) is 9.48. The second kappa shape index (κ2) is 4.80. The highest BCUT2D eigenvalue weighted by Gasteiger charge is 2.05. The van der Waals surface area contributed by atoms with Gasteiger partial charge in [0.15, 0.2) is 0 Å². The average Bonchev–Trinajstić information content (AvgIpc) is 2.10. The van der Waals surface area contributed by atoms with Gasteiger partial charge in [0, 0.05) is 10.5 Å². The fourth-order valence-electron chi connectivity index (χ4n) is 1.06. The number of nitrogens with two attached hydrogens (primary N) is 1. The van der Waals surface area contributed by atoms with Gasteiger partial charge in [0.2, 0.25) is 0 Å². The first-order valence-corrected chi connectivity index (χ1v) is 5.13. The number of benzene rings is 1. The molecule has 0 saturated carbocycles. The third-order valence-corrected chi connectivity index (χ3v) is 3.02. The van der Waals surface area contributed by atoms with E-state index in [0.717, 1.165) is 16.5 Å². The lowest BCUT2D eigenvalue weighted by Gasteiger charge is -2.09. The van der Waals surface area contributed by atoms with Crippen molar-refractivity contribution >= 4 is 27.5 Å². The minimum Gasteiger partial charge on any atom is -0.324 e. The van der Waals surface area contributed by atoms with Gasteiger partial charge in [-0.2, -0.15) is 0 Å². The smallest absolute Gasteiger partial charge is 0.0551 e. The molecule has 2 N–H and O–H groups in total. The fourth-order valence-corrected chi connectivity index (χ4v) is 1.49. The summed E-state index contributed by atoms with van der Waals surface area (Å²) in [5.74, 6) is 0. The van der Waals surface area contributed by atoms with E-state index < -0.39 is 0 Å². The van der Waals surface area contributed by atoms with Crippen molar-refractivity contribution in [3.05, 3.63) is 45.9 Å². The average molecular weight is 261 g/mol. The quantitative estimate of drug-likeness (QED) is 0.825. The Hall–Kier alpha value is -0.310. The molecule has 0 aliphatic rings.